The molecule has 2 N–H and O–H groups in total. The van der Waals surface area contributed by atoms with Crippen LogP contribution in [0.15, 0.2) is 156 Å². The van der Waals surface area contributed by atoms with Crippen molar-refractivity contribution in [1.29, 1.82) is 0 Å². The number of rotatable bonds is 6. The summed E-state index contributed by atoms with van der Waals surface area (Å²) in [4.78, 5) is 115. The normalized spacial score (nSPS) is 13.5. The summed E-state index contributed by atoms with van der Waals surface area (Å²) in [5.41, 5.74) is 1.90. The highest BCUT2D eigenvalue weighted by atomic mass is 16.4. The number of anilines is 2. The van der Waals surface area contributed by atoms with Crippen LogP contribution in [0, 0.1) is 6.92 Å². The summed E-state index contributed by atoms with van der Waals surface area (Å²) in [7, 11) is 1.31. The number of carbonyl (C=O) groups excluding carboxylic acids is 4. The van der Waals surface area contributed by atoms with Gasteiger partial charge in [-0.05, 0) is 115 Å². The van der Waals surface area contributed by atoms with Gasteiger partial charge in [0.25, 0.3) is 57.1 Å². The van der Waals surface area contributed by atoms with Gasteiger partial charge in [-0.2, -0.15) is 0 Å². The van der Waals surface area contributed by atoms with Crippen LogP contribution in [-0.4, -0.2) is 48.0 Å². The molecule has 2 aliphatic heterocycles. The van der Waals surface area contributed by atoms with Crippen LogP contribution in [0.25, 0.3) is 77.7 Å². The molecule has 0 spiro atoms. The fourth-order valence-electron chi connectivity index (χ4n) is 9.75. The van der Waals surface area contributed by atoms with E-state index in [0.717, 1.165) is 24.5 Å². The SMILES string of the molecule is Cc1ccc2oc(-c3cc(N4C(=O)c5ccc(-c6ccc7c(c6)C(=O)N(c6ccc8oc[n+](-c9cc(-n%10c(=O)c%11cc%12c(=O)n(C)c(=O)c%12cc%11c%10=O)ccc9O)c8c6)C7=O)cc5C4=O)ccc3O)nc2c1. The quantitative estimate of drug-likeness (QED) is 0.139. The van der Waals surface area contributed by atoms with Gasteiger partial charge >= 0.3 is 6.39 Å². The van der Waals surface area contributed by atoms with Crippen LogP contribution < -0.4 is 36.6 Å². The highest BCUT2D eigenvalue weighted by Crippen LogP contribution is 2.39. The molecule has 0 radical (unpaired) electrons. The van der Waals surface area contributed by atoms with Crippen molar-refractivity contribution in [2.45, 2.75) is 6.92 Å². The van der Waals surface area contributed by atoms with Crippen molar-refractivity contribution >= 4 is 78.7 Å². The second-order valence-electron chi connectivity index (χ2n) is 17.6. The number of aromatic nitrogens is 4. The van der Waals surface area contributed by atoms with Gasteiger partial charge in [0.1, 0.15) is 11.3 Å². The number of phenolic OH excluding ortho intramolecular Hbond substituents is 2. The number of imide groups is 2. The monoisotopic (exact) mass is 953 g/mol. The van der Waals surface area contributed by atoms with Gasteiger partial charge in [0.05, 0.1) is 66.4 Å². The first-order valence-corrected chi connectivity index (χ1v) is 22.1. The average molecular weight is 954 g/mol. The number of nitrogens with zero attached hydrogens (tertiary/aromatic N) is 6. The molecule has 6 heterocycles. The molecule has 11 aromatic rings. The van der Waals surface area contributed by atoms with E-state index in [1.807, 2.05) is 19.1 Å². The van der Waals surface area contributed by atoms with E-state index in [9.17, 15) is 48.6 Å². The maximum atomic E-state index is 14.2. The molecule has 4 aromatic heterocycles. The number of aromatic hydroxyl groups is 2. The Bertz CT molecular complexity index is 4530. The van der Waals surface area contributed by atoms with Crippen molar-refractivity contribution in [3.63, 3.8) is 0 Å². The molecule has 18 heteroatoms. The Balaban J connectivity index is 0.802. The highest BCUT2D eigenvalue weighted by molar-refractivity contribution is 6.36. The first-order chi connectivity index (χ1) is 34.6. The molecule has 0 bridgehead atoms. The number of phenols is 2. The minimum atomic E-state index is -0.748. The largest absolute Gasteiger partial charge is 0.507 e. The lowest BCUT2D eigenvalue weighted by molar-refractivity contribution is -0.573. The van der Waals surface area contributed by atoms with Crippen LogP contribution in [0.4, 0.5) is 11.4 Å². The number of carbonyl (C=O) groups is 4. The van der Waals surface area contributed by atoms with Gasteiger partial charge in [-0.15, -0.1) is 4.57 Å². The molecule has 7 aromatic carbocycles. The molecule has 0 unspecified atom stereocenters. The molecule has 18 nitrogen and oxygen atoms in total. The van der Waals surface area contributed by atoms with Gasteiger partial charge in [0, 0.05) is 19.2 Å². The van der Waals surface area contributed by atoms with Crippen LogP contribution in [0.1, 0.15) is 47.0 Å². The molecule has 0 saturated carbocycles. The Morgan fingerprint density at radius 2 is 1.04 bits per heavy atom. The fourth-order valence-corrected chi connectivity index (χ4v) is 9.75. The predicted molar refractivity (Wildman–Crippen MR) is 260 cm³/mol. The summed E-state index contributed by atoms with van der Waals surface area (Å²) in [6, 6.07) is 30.1. The highest BCUT2D eigenvalue weighted by Gasteiger charge is 2.40. The van der Waals surface area contributed by atoms with Gasteiger partial charge < -0.3 is 19.0 Å². The third kappa shape index (κ3) is 5.76. The Kier molecular flexibility index (Phi) is 8.46. The summed E-state index contributed by atoms with van der Waals surface area (Å²) >= 11 is 0. The van der Waals surface area contributed by atoms with E-state index in [1.165, 1.54) is 103 Å². The van der Waals surface area contributed by atoms with E-state index in [2.05, 4.69) is 4.98 Å². The van der Waals surface area contributed by atoms with Crippen molar-refractivity contribution < 1.29 is 42.8 Å². The second kappa shape index (κ2) is 14.6. The lowest BCUT2D eigenvalue weighted by Crippen LogP contribution is -2.31. The molecular formula is C54H29N6O12+. The van der Waals surface area contributed by atoms with Crippen LogP contribution >= 0.6 is 0 Å². The lowest BCUT2D eigenvalue weighted by atomic mass is 9.97. The zero-order chi connectivity index (χ0) is 49.8. The van der Waals surface area contributed by atoms with E-state index >= 15 is 0 Å². The minimum Gasteiger partial charge on any atom is -0.507 e. The van der Waals surface area contributed by atoms with Crippen LogP contribution in [0.3, 0.4) is 0 Å². The Morgan fingerprint density at radius 1 is 0.500 bits per heavy atom. The van der Waals surface area contributed by atoms with E-state index < -0.39 is 45.9 Å². The number of benzene rings is 7. The molecule has 0 fully saturated rings. The van der Waals surface area contributed by atoms with Gasteiger partial charge in [0.15, 0.2) is 11.3 Å². The molecule has 72 heavy (non-hydrogen) atoms. The van der Waals surface area contributed by atoms with E-state index in [-0.39, 0.29) is 101 Å². The number of amides is 4. The first kappa shape index (κ1) is 41.8. The van der Waals surface area contributed by atoms with Crippen LogP contribution in [0.2, 0.25) is 0 Å². The molecule has 2 aliphatic rings. The van der Waals surface area contributed by atoms with Crippen molar-refractivity contribution in [3.05, 3.63) is 197 Å². The third-order valence-electron chi connectivity index (χ3n) is 13.4. The fraction of sp³-hybridized carbons (Fsp3) is 0.0370. The molecule has 0 atom stereocenters. The lowest BCUT2D eigenvalue weighted by Gasteiger charge is -2.15. The first-order valence-electron chi connectivity index (χ1n) is 22.1. The van der Waals surface area contributed by atoms with Gasteiger partial charge in [-0.25, -0.2) is 19.4 Å². The average Bonchev–Trinajstić information content (AvgIpc) is 4.20. The maximum Gasteiger partial charge on any atom is 0.341 e. The zero-order valence-corrected chi connectivity index (χ0v) is 37.3. The number of oxazole rings is 2. The summed E-state index contributed by atoms with van der Waals surface area (Å²) < 4.78 is 14.9. The Morgan fingerprint density at radius 3 is 1.68 bits per heavy atom. The zero-order valence-electron chi connectivity index (χ0n) is 37.3. The van der Waals surface area contributed by atoms with Crippen LogP contribution in [-0.2, 0) is 7.05 Å². The van der Waals surface area contributed by atoms with Crippen molar-refractivity contribution in [3.8, 4) is 45.5 Å². The topological polar surface area (TPSA) is 236 Å². The molecule has 13 rings (SSSR count). The number of hydrogen-bond donors (Lipinski definition) is 2. The Labute approximate surface area is 400 Å². The van der Waals surface area contributed by atoms with Crippen molar-refractivity contribution in [2.24, 2.45) is 7.05 Å². The minimum absolute atomic E-state index is 0.00480. The maximum absolute atomic E-state index is 14.2. The van der Waals surface area contributed by atoms with E-state index in [0.29, 0.717) is 22.2 Å². The standard InChI is InChI=1S/C54H28N6O12/c1-24-3-13-44-39(15-24)55-46(72-44)38-18-27(6-11-42(38)61)58-49(65)30-9-4-25(16-32(30)51(58)67)26-5-10-31-33(17-26)52(68)59(50(31)66)29-8-14-45-41(20-29)57(23-71-45)40-19-28(7-12-43(40)62)60-53(69)36-21-34-35(22-37(36)54(60)70)48(64)56(2)47(34)63/h3-23H,1-2H3,(H-,55,61,62)/p+1. The number of hydrogen-bond acceptors (Lipinski definition) is 13. The van der Waals surface area contributed by atoms with Gasteiger partial charge in [-0.3, -0.25) is 42.9 Å². The molecular weight excluding hydrogens is 925 g/mol. The van der Waals surface area contributed by atoms with Gasteiger partial charge in [-0.1, -0.05) is 18.2 Å². The summed E-state index contributed by atoms with van der Waals surface area (Å²) in [5.74, 6) is -2.84. The van der Waals surface area contributed by atoms with Crippen molar-refractivity contribution in [2.75, 3.05) is 9.80 Å². The Hall–Kier alpha value is -10.4. The predicted octanol–water partition coefficient (Wildman–Crippen LogP) is 6.26. The summed E-state index contributed by atoms with van der Waals surface area (Å²) in [6.45, 7) is 1.91. The van der Waals surface area contributed by atoms with E-state index in [4.69, 9.17) is 8.83 Å². The number of fused-ring (bicyclic) bond motifs is 6. The second-order valence-corrected chi connectivity index (χ2v) is 17.6. The molecule has 0 saturated heterocycles. The van der Waals surface area contributed by atoms with Crippen LogP contribution in [0.5, 0.6) is 11.5 Å². The van der Waals surface area contributed by atoms with Crippen molar-refractivity contribution in [1.82, 2.24) is 14.1 Å². The smallest absolute Gasteiger partial charge is 0.341 e. The third-order valence-corrected chi connectivity index (χ3v) is 13.4. The molecule has 0 aliphatic carbocycles. The molecule has 4 amide bonds. The number of aryl methyl sites for hydroxylation is 1. The summed E-state index contributed by atoms with van der Waals surface area (Å²) in [5, 5.41) is 21.8. The summed E-state index contributed by atoms with van der Waals surface area (Å²) in [6.07, 6.45) is 1.26. The van der Waals surface area contributed by atoms with E-state index in [1.54, 1.807) is 24.3 Å². The van der Waals surface area contributed by atoms with Gasteiger partial charge in [0.2, 0.25) is 11.5 Å². The molecule has 346 valence electrons.